The number of anilines is 1. The second-order valence-corrected chi connectivity index (χ2v) is 4.38. The Morgan fingerprint density at radius 2 is 2.21 bits per heavy atom. The van der Waals surface area contributed by atoms with E-state index in [0.29, 0.717) is 12.2 Å². The van der Waals surface area contributed by atoms with Crippen LogP contribution in [0.1, 0.15) is 11.3 Å². The van der Waals surface area contributed by atoms with Gasteiger partial charge in [0.25, 0.3) is 5.69 Å². The molecular weight excluding hydrogens is 244 g/mol. The number of benzene rings is 1. The lowest BCUT2D eigenvalue weighted by Crippen LogP contribution is -2.08. The lowest BCUT2D eigenvalue weighted by atomic mass is 10.1. The van der Waals surface area contributed by atoms with Crippen molar-refractivity contribution in [2.45, 2.75) is 13.3 Å². The van der Waals surface area contributed by atoms with Crippen molar-refractivity contribution < 1.29 is 4.92 Å². The summed E-state index contributed by atoms with van der Waals surface area (Å²) in [5, 5.41) is 18.4. The van der Waals surface area contributed by atoms with E-state index in [1.54, 1.807) is 10.7 Å². The topological polar surface area (TPSA) is 73.0 Å². The number of para-hydroxylation sites is 1. The Balaban J connectivity index is 2.05. The van der Waals surface area contributed by atoms with Crippen molar-refractivity contribution in [2.75, 3.05) is 11.9 Å². The van der Waals surface area contributed by atoms with Gasteiger partial charge in [-0.2, -0.15) is 5.10 Å². The Hall–Kier alpha value is -2.37. The van der Waals surface area contributed by atoms with Gasteiger partial charge < -0.3 is 5.32 Å². The predicted octanol–water partition coefficient (Wildman–Crippen LogP) is 2.29. The number of nitrogens with one attached hydrogen (secondary N) is 1. The lowest BCUT2D eigenvalue weighted by molar-refractivity contribution is -0.384. The van der Waals surface area contributed by atoms with Crippen LogP contribution in [-0.2, 0) is 13.5 Å². The summed E-state index contributed by atoms with van der Waals surface area (Å²) in [5.41, 5.74) is 2.53. The number of nitro groups is 1. The van der Waals surface area contributed by atoms with E-state index in [4.69, 9.17) is 0 Å². The van der Waals surface area contributed by atoms with Crippen molar-refractivity contribution in [2.24, 2.45) is 7.05 Å². The molecular formula is C13H16N4O2. The van der Waals surface area contributed by atoms with Gasteiger partial charge in [0.05, 0.1) is 10.6 Å². The minimum absolute atomic E-state index is 0.112. The first kappa shape index (κ1) is 13.1. The van der Waals surface area contributed by atoms with E-state index >= 15 is 0 Å². The molecule has 0 unspecified atom stereocenters. The minimum atomic E-state index is -0.365. The first-order valence-electron chi connectivity index (χ1n) is 6.04. The molecule has 1 aromatic carbocycles. The molecule has 1 heterocycles. The summed E-state index contributed by atoms with van der Waals surface area (Å²) in [4.78, 5) is 10.6. The molecule has 19 heavy (non-hydrogen) atoms. The molecule has 6 heteroatoms. The molecule has 1 aromatic heterocycles. The third kappa shape index (κ3) is 3.09. The predicted molar refractivity (Wildman–Crippen MR) is 73.2 cm³/mol. The SMILES string of the molecule is Cc1cccc([N+](=O)[O-])c1NCCc1ccn(C)n1. The second-order valence-electron chi connectivity index (χ2n) is 4.38. The molecule has 2 aromatic rings. The molecule has 0 saturated heterocycles. The maximum Gasteiger partial charge on any atom is 0.292 e. The molecule has 0 bridgehead atoms. The van der Waals surface area contributed by atoms with Crippen molar-refractivity contribution in [3.8, 4) is 0 Å². The number of nitro benzene ring substituents is 1. The maximum absolute atomic E-state index is 11.0. The Bertz CT molecular complexity index is 592. The summed E-state index contributed by atoms with van der Waals surface area (Å²) in [6.45, 7) is 2.47. The van der Waals surface area contributed by atoms with Crippen molar-refractivity contribution in [1.82, 2.24) is 9.78 Å². The van der Waals surface area contributed by atoms with Gasteiger partial charge in [-0.05, 0) is 18.6 Å². The van der Waals surface area contributed by atoms with Gasteiger partial charge in [-0.15, -0.1) is 0 Å². The molecule has 6 nitrogen and oxygen atoms in total. The van der Waals surface area contributed by atoms with Gasteiger partial charge in [0.1, 0.15) is 5.69 Å². The van der Waals surface area contributed by atoms with Crippen molar-refractivity contribution >= 4 is 11.4 Å². The quantitative estimate of drug-likeness (QED) is 0.661. The van der Waals surface area contributed by atoms with Crippen LogP contribution in [0, 0.1) is 17.0 Å². The van der Waals surface area contributed by atoms with Crippen LogP contribution in [0.25, 0.3) is 0 Å². The fourth-order valence-electron chi connectivity index (χ4n) is 1.95. The number of aryl methyl sites for hydroxylation is 2. The van der Waals surface area contributed by atoms with Gasteiger partial charge in [0, 0.05) is 32.3 Å². The number of rotatable bonds is 5. The molecule has 0 spiro atoms. The van der Waals surface area contributed by atoms with E-state index in [2.05, 4.69) is 10.4 Å². The molecule has 0 atom stereocenters. The Morgan fingerprint density at radius 1 is 1.42 bits per heavy atom. The average Bonchev–Trinajstić information content (AvgIpc) is 2.77. The molecule has 100 valence electrons. The summed E-state index contributed by atoms with van der Waals surface area (Å²) in [6.07, 6.45) is 2.61. The van der Waals surface area contributed by atoms with Crippen LogP contribution >= 0.6 is 0 Å². The molecule has 0 amide bonds. The number of hydrogen-bond donors (Lipinski definition) is 1. The van der Waals surface area contributed by atoms with Crippen LogP contribution in [0.3, 0.4) is 0 Å². The van der Waals surface area contributed by atoms with Gasteiger partial charge in [-0.25, -0.2) is 0 Å². The first-order valence-corrected chi connectivity index (χ1v) is 6.04. The molecule has 0 aliphatic carbocycles. The molecule has 0 aliphatic rings. The third-order valence-electron chi connectivity index (χ3n) is 2.90. The second kappa shape index (κ2) is 5.51. The average molecular weight is 260 g/mol. The van der Waals surface area contributed by atoms with Crippen LogP contribution in [0.5, 0.6) is 0 Å². The Kier molecular flexibility index (Phi) is 3.79. The number of aromatic nitrogens is 2. The number of hydrogen-bond acceptors (Lipinski definition) is 4. The van der Waals surface area contributed by atoms with Gasteiger partial charge >= 0.3 is 0 Å². The van der Waals surface area contributed by atoms with Gasteiger partial charge in [-0.3, -0.25) is 14.8 Å². The summed E-state index contributed by atoms with van der Waals surface area (Å²) >= 11 is 0. The van der Waals surface area contributed by atoms with E-state index in [1.165, 1.54) is 6.07 Å². The maximum atomic E-state index is 11.0. The molecule has 0 saturated carbocycles. The van der Waals surface area contributed by atoms with Crippen LogP contribution in [0.4, 0.5) is 11.4 Å². The highest BCUT2D eigenvalue weighted by Gasteiger charge is 2.14. The van der Waals surface area contributed by atoms with Gasteiger partial charge in [0.2, 0.25) is 0 Å². The summed E-state index contributed by atoms with van der Waals surface area (Å²) in [5.74, 6) is 0. The number of nitrogens with zero attached hydrogens (tertiary/aromatic N) is 3. The highest BCUT2D eigenvalue weighted by atomic mass is 16.6. The van der Waals surface area contributed by atoms with Crippen LogP contribution in [-0.4, -0.2) is 21.2 Å². The highest BCUT2D eigenvalue weighted by molar-refractivity contribution is 5.65. The van der Waals surface area contributed by atoms with E-state index < -0.39 is 0 Å². The van der Waals surface area contributed by atoms with Crippen molar-refractivity contribution in [3.05, 3.63) is 51.8 Å². The van der Waals surface area contributed by atoms with E-state index in [0.717, 1.165) is 17.7 Å². The minimum Gasteiger partial charge on any atom is -0.379 e. The zero-order valence-corrected chi connectivity index (χ0v) is 11.0. The van der Waals surface area contributed by atoms with Crippen LogP contribution in [0.15, 0.2) is 30.5 Å². The fourth-order valence-corrected chi connectivity index (χ4v) is 1.95. The molecule has 0 fully saturated rings. The van der Waals surface area contributed by atoms with E-state index in [-0.39, 0.29) is 10.6 Å². The standard InChI is InChI=1S/C13H16N4O2/c1-10-4-3-5-12(17(18)19)13(10)14-8-6-11-7-9-16(2)15-11/h3-5,7,9,14H,6,8H2,1-2H3. The molecule has 2 rings (SSSR count). The third-order valence-corrected chi connectivity index (χ3v) is 2.90. The van der Waals surface area contributed by atoms with Crippen molar-refractivity contribution in [1.29, 1.82) is 0 Å². The summed E-state index contributed by atoms with van der Waals surface area (Å²) < 4.78 is 1.74. The van der Waals surface area contributed by atoms with Crippen LogP contribution < -0.4 is 5.32 Å². The Morgan fingerprint density at radius 3 is 2.84 bits per heavy atom. The largest absolute Gasteiger partial charge is 0.379 e. The lowest BCUT2D eigenvalue weighted by Gasteiger charge is -2.09. The van der Waals surface area contributed by atoms with Crippen LogP contribution in [0.2, 0.25) is 0 Å². The normalized spacial score (nSPS) is 10.4. The van der Waals surface area contributed by atoms with Gasteiger partial charge in [-0.1, -0.05) is 12.1 Å². The smallest absolute Gasteiger partial charge is 0.292 e. The summed E-state index contributed by atoms with van der Waals surface area (Å²) in [6, 6.07) is 7.00. The Labute approximate surface area is 111 Å². The summed E-state index contributed by atoms with van der Waals surface area (Å²) in [7, 11) is 1.86. The molecule has 1 N–H and O–H groups in total. The molecule has 0 aliphatic heterocycles. The monoisotopic (exact) mass is 260 g/mol. The first-order chi connectivity index (χ1) is 9.08. The zero-order valence-electron chi connectivity index (χ0n) is 11.0. The van der Waals surface area contributed by atoms with Crippen molar-refractivity contribution in [3.63, 3.8) is 0 Å². The molecule has 0 radical (unpaired) electrons. The van der Waals surface area contributed by atoms with Gasteiger partial charge in [0.15, 0.2) is 0 Å². The fraction of sp³-hybridized carbons (Fsp3) is 0.308. The highest BCUT2D eigenvalue weighted by Crippen LogP contribution is 2.27. The zero-order chi connectivity index (χ0) is 13.8. The van der Waals surface area contributed by atoms with E-state index in [9.17, 15) is 10.1 Å². The van der Waals surface area contributed by atoms with E-state index in [1.807, 2.05) is 32.3 Å².